The molecule has 1 fully saturated rings. The van der Waals surface area contributed by atoms with Gasteiger partial charge in [-0.25, -0.2) is 0 Å². The fraction of sp³-hybridized carbons (Fsp3) is 0.800. The molecule has 8 nitrogen and oxygen atoms in total. The van der Waals surface area contributed by atoms with Crippen molar-refractivity contribution in [2.75, 3.05) is 39.9 Å². The number of nitrogens with one attached hydrogen (secondary N) is 2. The molecule has 0 bridgehead atoms. The second-order valence-electron chi connectivity index (χ2n) is 6.12. The molecule has 0 spiro atoms. The van der Waals surface area contributed by atoms with Gasteiger partial charge in [0.15, 0.2) is 11.8 Å². The van der Waals surface area contributed by atoms with E-state index >= 15 is 0 Å². The van der Waals surface area contributed by atoms with Crippen LogP contribution in [0, 0.1) is 5.92 Å². The van der Waals surface area contributed by atoms with Gasteiger partial charge in [-0.3, -0.25) is 9.89 Å². The third kappa shape index (κ3) is 5.18. The van der Waals surface area contributed by atoms with Crippen LogP contribution in [-0.4, -0.2) is 71.6 Å². The zero-order valence-electron chi connectivity index (χ0n) is 14.6. The van der Waals surface area contributed by atoms with Gasteiger partial charge in [0.05, 0.1) is 19.8 Å². The summed E-state index contributed by atoms with van der Waals surface area (Å²) in [5, 5.41) is 14.7. The standard InChI is InChI=1S/C15H29N7O/c1-12(2)13(22-5-7-23-8-6-22)9-17-15(16-3)18-10-14-20-19-11-21(14)4/h11-13H,5-10H2,1-4H3,(H2,16,17,18). The van der Waals surface area contributed by atoms with Gasteiger partial charge in [-0.2, -0.15) is 0 Å². The average molecular weight is 323 g/mol. The Morgan fingerprint density at radius 3 is 2.65 bits per heavy atom. The number of ether oxygens (including phenoxy) is 1. The van der Waals surface area contributed by atoms with Crippen molar-refractivity contribution >= 4 is 5.96 Å². The zero-order valence-corrected chi connectivity index (χ0v) is 14.6. The van der Waals surface area contributed by atoms with Crippen molar-refractivity contribution in [2.24, 2.45) is 18.0 Å². The third-order valence-electron chi connectivity index (χ3n) is 4.21. The molecule has 0 amide bonds. The van der Waals surface area contributed by atoms with Crippen molar-refractivity contribution in [3.8, 4) is 0 Å². The third-order valence-corrected chi connectivity index (χ3v) is 4.21. The van der Waals surface area contributed by atoms with Crippen LogP contribution in [-0.2, 0) is 18.3 Å². The van der Waals surface area contributed by atoms with E-state index < -0.39 is 0 Å². The molecule has 2 N–H and O–H groups in total. The smallest absolute Gasteiger partial charge is 0.191 e. The van der Waals surface area contributed by atoms with E-state index in [0.717, 1.165) is 44.6 Å². The molecular formula is C15H29N7O. The molecule has 130 valence electrons. The molecule has 1 atom stereocenters. The predicted octanol–water partition coefficient (Wildman–Crippen LogP) is -0.163. The monoisotopic (exact) mass is 323 g/mol. The van der Waals surface area contributed by atoms with Gasteiger partial charge < -0.3 is 19.9 Å². The van der Waals surface area contributed by atoms with Crippen molar-refractivity contribution in [3.63, 3.8) is 0 Å². The second-order valence-corrected chi connectivity index (χ2v) is 6.12. The van der Waals surface area contributed by atoms with Crippen LogP contribution in [0.25, 0.3) is 0 Å². The summed E-state index contributed by atoms with van der Waals surface area (Å²) >= 11 is 0. The van der Waals surface area contributed by atoms with Crippen LogP contribution in [0.4, 0.5) is 0 Å². The van der Waals surface area contributed by atoms with E-state index in [-0.39, 0.29) is 0 Å². The number of nitrogens with zero attached hydrogens (tertiary/aromatic N) is 5. The summed E-state index contributed by atoms with van der Waals surface area (Å²) in [6.45, 7) is 9.61. The van der Waals surface area contributed by atoms with E-state index in [1.165, 1.54) is 0 Å². The fourth-order valence-electron chi connectivity index (χ4n) is 2.75. The summed E-state index contributed by atoms with van der Waals surface area (Å²) in [5.74, 6) is 2.23. The largest absolute Gasteiger partial charge is 0.379 e. The van der Waals surface area contributed by atoms with E-state index in [4.69, 9.17) is 4.74 Å². The molecule has 2 rings (SSSR count). The molecular weight excluding hydrogens is 294 g/mol. The van der Waals surface area contributed by atoms with E-state index in [1.807, 2.05) is 11.6 Å². The maximum absolute atomic E-state index is 5.45. The highest BCUT2D eigenvalue weighted by atomic mass is 16.5. The van der Waals surface area contributed by atoms with Gasteiger partial charge in [0.2, 0.25) is 0 Å². The molecule has 0 saturated carbocycles. The molecule has 1 aliphatic heterocycles. The molecule has 1 aromatic rings. The van der Waals surface area contributed by atoms with Crippen molar-refractivity contribution < 1.29 is 4.74 Å². The lowest BCUT2D eigenvalue weighted by Gasteiger charge is -2.37. The van der Waals surface area contributed by atoms with Crippen LogP contribution in [0.1, 0.15) is 19.7 Å². The minimum Gasteiger partial charge on any atom is -0.379 e. The van der Waals surface area contributed by atoms with E-state index in [0.29, 0.717) is 18.5 Å². The van der Waals surface area contributed by atoms with E-state index in [9.17, 15) is 0 Å². The van der Waals surface area contributed by atoms with Crippen LogP contribution < -0.4 is 10.6 Å². The van der Waals surface area contributed by atoms with Crippen LogP contribution in [0.5, 0.6) is 0 Å². The van der Waals surface area contributed by atoms with Crippen molar-refractivity contribution in [1.29, 1.82) is 0 Å². The lowest BCUT2D eigenvalue weighted by Crippen LogP contribution is -2.52. The Labute approximate surface area is 138 Å². The Hall–Kier alpha value is -1.67. The highest BCUT2D eigenvalue weighted by Gasteiger charge is 2.23. The van der Waals surface area contributed by atoms with Gasteiger partial charge in [0.1, 0.15) is 6.33 Å². The number of morpholine rings is 1. The summed E-state index contributed by atoms with van der Waals surface area (Å²) in [5.41, 5.74) is 0. The molecule has 0 aromatic carbocycles. The van der Waals surface area contributed by atoms with Gasteiger partial charge in [0.25, 0.3) is 0 Å². The van der Waals surface area contributed by atoms with E-state index in [2.05, 4.69) is 44.6 Å². The first-order valence-corrected chi connectivity index (χ1v) is 8.21. The maximum atomic E-state index is 5.45. The van der Waals surface area contributed by atoms with Crippen molar-refractivity contribution in [1.82, 2.24) is 30.3 Å². The van der Waals surface area contributed by atoms with Crippen molar-refractivity contribution in [2.45, 2.75) is 26.4 Å². The van der Waals surface area contributed by atoms with Gasteiger partial charge in [-0.05, 0) is 5.92 Å². The summed E-state index contributed by atoms with van der Waals surface area (Å²) in [6, 6.07) is 0.465. The molecule has 1 aromatic heterocycles. The van der Waals surface area contributed by atoms with Gasteiger partial charge in [0, 0.05) is 39.8 Å². The number of guanidine groups is 1. The maximum Gasteiger partial charge on any atom is 0.191 e. The minimum atomic E-state index is 0.465. The molecule has 23 heavy (non-hydrogen) atoms. The lowest BCUT2D eigenvalue weighted by atomic mass is 10.0. The Morgan fingerprint density at radius 2 is 2.09 bits per heavy atom. The molecule has 1 aliphatic rings. The Bertz CT molecular complexity index is 494. The number of aromatic nitrogens is 3. The van der Waals surface area contributed by atoms with E-state index in [1.54, 1.807) is 13.4 Å². The SMILES string of the molecule is CN=C(NCc1nncn1C)NCC(C(C)C)N1CCOCC1. The van der Waals surface area contributed by atoms with Crippen LogP contribution in [0.2, 0.25) is 0 Å². The Morgan fingerprint density at radius 1 is 1.35 bits per heavy atom. The summed E-state index contributed by atoms with van der Waals surface area (Å²) < 4.78 is 7.35. The predicted molar refractivity (Wildman–Crippen MR) is 90.2 cm³/mol. The molecule has 8 heteroatoms. The number of rotatable bonds is 6. The minimum absolute atomic E-state index is 0.465. The first-order chi connectivity index (χ1) is 11.1. The van der Waals surface area contributed by atoms with Gasteiger partial charge in [-0.1, -0.05) is 13.8 Å². The number of hydrogen-bond acceptors (Lipinski definition) is 5. The summed E-state index contributed by atoms with van der Waals surface area (Å²) in [6.07, 6.45) is 1.69. The zero-order chi connectivity index (χ0) is 16.7. The number of aryl methyl sites for hydroxylation is 1. The first kappa shape index (κ1) is 17.7. The lowest BCUT2D eigenvalue weighted by molar-refractivity contribution is 0.00752. The number of aliphatic imine (C=N–C) groups is 1. The quantitative estimate of drug-likeness (QED) is 0.559. The molecule has 0 radical (unpaired) electrons. The van der Waals surface area contributed by atoms with Crippen molar-refractivity contribution in [3.05, 3.63) is 12.2 Å². The first-order valence-electron chi connectivity index (χ1n) is 8.21. The fourth-order valence-corrected chi connectivity index (χ4v) is 2.75. The van der Waals surface area contributed by atoms with Crippen LogP contribution >= 0.6 is 0 Å². The summed E-state index contributed by atoms with van der Waals surface area (Å²) in [4.78, 5) is 6.78. The van der Waals surface area contributed by atoms with Gasteiger partial charge >= 0.3 is 0 Å². The average Bonchev–Trinajstić information content (AvgIpc) is 2.96. The molecule has 1 unspecified atom stereocenters. The number of hydrogen-bond donors (Lipinski definition) is 2. The Balaban J connectivity index is 1.83. The highest BCUT2D eigenvalue weighted by molar-refractivity contribution is 5.79. The molecule has 0 aliphatic carbocycles. The topological polar surface area (TPSA) is 79.6 Å². The molecule has 2 heterocycles. The van der Waals surface area contributed by atoms with Gasteiger partial charge in [-0.15, -0.1) is 10.2 Å². The normalized spacial score (nSPS) is 18.2. The van der Waals surface area contributed by atoms with Crippen LogP contribution in [0.15, 0.2) is 11.3 Å². The highest BCUT2D eigenvalue weighted by Crippen LogP contribution is 2.12. The van der Waals surface area contributed by atoms with Crippen LogP contribution in [0.3, 0.4) is 0 Å². The summed E-state index contributed by atoms with van der Waals surface area (Å²) in [7, 11) is 3.71. The second kappa shape index (κ2) is 8.83. The Kier molecular flexibility index (Phi) is 6.79. The molecule has 1 saturated heterocycles.